The van der Waals surface area contributed by atoms with Crippen molar-refractivity contribution in [3.63, 3.8) is 0 Å². The van der Waals surface area contributed by atoms with Crippen LogP contribution in [0.5, 0.6) is 0 Å². The molecule has 2 aromatic carbocycles. The van der Waals surface area contributed by atoms with Crippen LogP contribution in [-0.2, 0) is 16.0 Å². The minimum absolute atomic E-state index is 0.356. The number of amides is 3. The molecular weight excluding hydrogens is 453 g/mol. The van der Waals surface area contributed by atoms with Gasteiger partial charge in [-0.05, 0) is 53.8 Å². The number of hydrogen-bond acceptors (Lipinski definition) is 5. The van der Waals surface area contributed by atoms with Crippen LogP contribution in [0, 0.1) is 0 Å². The van der Waals surface area contributed by atoms with Gasteiger partial charge in [0.25, 0.3) is 5.91 Å². The van der Waals surface area contributed by atoms with Crippen LogP contribution in [0.15, 0.2) is 42.5 Å². The monoisotopic (exact) mass is 469 g/mol. The highest BCUT2D eigenvalue weighted by Crippen LogP contribution is 2.38. The van der Waals surface area contributed by atoms with Crippen molar-refractivity contribution >= 4 is 63.7 Å². The third-order valence-electron chi connectivity index (χ3n) is 5.03. The highest BCUT2D eigenvalue weighted by atomic mass is 35.5. The fraction of sp³-hybridized carbons (Fsp3) is 0.130. The number of allylic oxidation sites excluding steroid dienone is 1. The largest absolute Gasteiger partial charge is 0.452 e. The molecule has 0 atom stereocenters. The van der Waals surface area contributed by atoms with Gasteiger partial charge in [-0.15, -0.1) is 0 Å². The van der Waals surface area contributed by atoms with Crippen LogP contribution in [0.2, 0.25) is 10.0 Å². The molecule has 1 aliphatic rings. The molecule has 0 unspecified atom stereocenters. The van der Waals surface area contributed by atoms with Crippen molar-refractivity contribution in [2.75, 3.05) is 6.61 Å². The third-order valence-corrected chi connectivity index (χ3v) is 5.77. The van der Waals surface area contributed by atoms with Gasteiger partial charge < -0.3 is 10.5 Å². The molecule has 9 heteroatoms. The van der Waals surface area contributed by atoms with Crippen molar-refractivity contribution in [3.05, 3.63) is 74.9 Å². The molecule has 0 radical (unpaired) electrons. The topological polar surface area (TPSA) is 111 Å². The van der Waals surface area contributed by atoms with Gasteiger partial charge in [0.2, 0.25) is 0 Å². The molecule has 7 nitrogen and oxygen atoms in total. The van der Waals surface area contributed by atoms with Crippen molar-refractivity contribution in [1.82, 2.24) is 10.3 Å². The number of ether oxygens (including phenoxy) is 1. The Hall–Kier alpha value is -3.42. The molecule has 0 saturated heterocycles. The lowest BCUT2D eigenvalue weighted by atomic mass is 10.0. The molecule has 4 rings (SSSR count). The number of urea groups is 1. The predicted octanol–water partition coefficient (Wildman–Crippen LogP) is 4.38. The first-order chi connectivity index (χ1) is 15.3. The van der Waals surface area contributed by atoms with Crippen molar-refractivity contribution in [3.8, 4) is 0 Å². The molecule has 0 bridgehead atoms. The van der Waals surface area contributed by atoms with E-state index in [1.54, 1.807) is 30.3 Å². The number of carbonyl (C=O) groups is 3. The lowest BCUT2D eigenvalue weighted by Gasteiger charge is -2.12. The first-order valence-electron chi connectivity index (χ1n) is 9.67. The minimum atomic E-state index is -1.02. The van der Waals surface area contributed by atoms with E-state index in [9.17, 15) is 14.4 Å². The molecule has 162 valence electrons. The summed E-state index contributed by atoms with van der Waals surface area (Å²) in [5, 5.41) is 3.41. The Morgan fingerprint density at radius 2 is 1.88 bits per heavy atom. The Morgan fingerprint density at radius 3 is 2.62 bits per heavy atom. The molecule has 0 spiro atoms. The van der Waals surface area contributed by atoms with Crippen molar-refractivity contribution < 1.29 is 19.1 Å². The van der Waals surface area contributed by atoms with Gasteiger partial charge >= 0.3 is 12.0 Å². The van der Waals surface area contributed by atoms with Crippen LogP contribution in [0.25, 0.3) is 22.6 Å². The van der Waals surface area contributed by atoms with Crippen LogP contribution in [-0.4, -0.2) is 29.5 Å². The summed E-state index contributed by atoms with van der Waals surface area (Å²) in [6.45, 7) is -0.626. The summed E-state index contributed by atoms with van der Waals surface area (Å²) in [7, 11) is 0. The van der Waals surface area contributed by atoms with E-state index in [2.05, 4.69) is 0 Å². The normalized spacial score (nSPS) is 13.8. The Kier molecular flexibility index (Phi) is 6.12. The second-order valence-electron chi connectivity index (χ2n) is 7.16. The first-order valence-corrected chi connectivity index (χ1v) is 10.4. The molecule has 0 fully saturated rings. The number of para-hydroxylation sites is 1. The molecule has 32 heavy (non-hydrogen) atoms. The number of nitrogens with one attached hydrogen (secondary N) is 1. The van der Waals surface area contributed by atoms with E-state index in [1.807, 2.05) is 23.5 Å². The van der Waals surface area contributed by atoms with Crippen molar-refractivity contribution in [1.29, 1.82) is 0 Å². The Balaban J connectivity index is 1.74. The Bertz CT molecular complexity index is 1300. The highest BCUT2D eigenvalue weighted by molar-refractivity contribution is 6.42. The number of nitrogens with two attached hydrogens (primary N) is 1. The third kappa shape index (κ3) is 4.44. The lowest BCUT2D eigenvalue weighted by Crippen LogP contribution is -2.37. The van der Waals surface area contributed by atoms with E-state index in [0.29, 0.717) is 45.0 Å². The van der Waals surface area contributed by atoms with E-state index in [4.69, 9.17) is 38.7 Å². The number of nitrogens with zero attached hydrogens (tertiary/aromatic N) is 1. The van der Waals surface area contributed by atoms with Crippen LogP contribution in [0.1, 0.15) is 33.6 Å². The lowest BCUT2D eigenvalue weighted by molar-refractivity contribution is -0.123. The maximum absolute atomic E-state index is 13.0. The fourth-order valence-corrected chi connectivity index (χ4v) is 4.00. The van der Waals surface area contributed by atoms with Crippen molar-refractivity contribution in [2.24, 2.45) is 5.73 Å². The summed E-state index contributed by atoms with van der Waals surface area (Å²) in [5.41, 5.74) is 9.15. The summed E-state index contributed by atoms with van der Waals surface area (Å²) in [6.07, 6.45) is 3.21. The number of aromatic nitrogens is 1. The molecule has 1 heterocycles. The van der Waals surface area contributed by atoms with E-state index in [-0.39, 0.29) is 0 Å². The van der Waals surface area contributed by atoms with E-state index < -0.39 is 24.5 Å². The standard InChI is InChI=1S/C23H17Cl2N3O4/c24-16-8-5-12(10-17(16)25)9-13-6-7-15-20(22(30)32-11-19(29)28-23(26)31)14-3-1-2-4-18(14)27-21(13)15/h1-5,8-10H,6-7,11H2,(H3,26,28,29,31)/b13-9+. The molecule has 3 amide bonds. The van der Waals surface area contributed by atoms with E-state index in [0.717, 1.165) is 16.7 Å². The van der Waals surface area contributed by atoms with Gasteiger partial charge in [0, 0.05) is 5.39 Å². The van der Waals surface area contributed by atoms with Gasteiger partial charge in [-0.3, -0.25) is 10.1 Å². The minimum Gasteiger partial charge on any atom is -0.452 e. The van der Waals surface area contributed by atoms with Gasteiger partial charge in [-0.2, -0.15) is 0 Å². The number of rotatable bonds is 4. The zero-order valence-electron chi connectivity index (χ0n) is 16.7. The SMILES string of the molecule is NC(=O)NC(=O)COC(=O)c1c2c(nc3ccccc13)/C(=C/c1ccc(Cl)c(Cl)c1)CC2. The number of imide groups is 1. The first kappa shape index (κ1) is 21.8. The zero-order chi connectivity index (χ0) is 22.8. The van der Waals surface area contributed by atoms with Crippen LogP contribution >= 0.6 is 23.2 Å². The number of hydrogen-bond donors (Lipinski definition) is 2. The molecule has 3 N–H and O–H groups in total. The molecule has 0 aliphatic heterocycles. The second kappa shape index (κ2) is 8.98. The Labute approximate surface area is 193 Å². The van der Waals surface area contributed by atoms with Gasteiger partial charge in [0.1, 0.15) is 0 Å². The molecule has 1 aromatic heterocycles. The summed E-state index contributed by atoms with van der Waals surface area (Å²) in [6, 6.07) is 11.5. The summed E-state index contributed by atoms with van der Waals surface area (Å²) >= 11 is 12.1. The summed E-state index contributed by atoms with van der Waals surface area (Å²) < 4.78 is 5.17. The summed E-state index contributed by atoms with van der Waals surface area (Å²) in [4.78, 5) is 40.2. The quantitative estimate of drug-likeness (QED) is 0.550. The average molecular weight is 470 g/mol. The van der Waals surface area contributed by atoms with Gasteiger partial charge in [-0.1, -0.05) is 47.5 Å². The number of fused-ring (bicyclic) bond motifs is 2. The maximum Gasteiger partial charge on any atom is 0.339 e. The number of esters is 1. The molecule has 0 saturated carbocycles. The predicted molar refractivity (Wildman–Crippen MR) is 122 cm³/mol. The second-order valence-corrected chi connectivity index (χ2v) is 7.98. The van der Waals surface area contributed by atoms with Crippen molar-refractivity contribution in [2.45, 2.75) is 12.8 Å². The number of benzene rings is 2. The summed E-state index contributed by atoms with van der Waals surface area (Å²) in [5.74, 6) is -1.48. The maximum atomic E-state index is 13.0. The highest BCUT2D eigenvalue weighted by Gasteiger charge is 2.28. The van der Waals surface area contributed by atoms with Gasteiger partial charge in [0.05, 0.1) is 26.8 Å². The number of halogens is 2. The van der Waals surface area contributed by atoms with E-state index in [1.165, 1.54) is 0 Å². The van der Waals surface area contributed by atoms with Gasteiger partial charge in [-0.25, -0.2) is 14.6 Å². The van der Waals surface area contributed by atoms with Crippen LogP contribution < -0.4 is 11.1 Å². The number of pyridine rings is 1. The number of carbonyl (C=O) groups excluding carboxylic acids is 3. The van der Waals surface area contributed by atoms with E-state index >= 15 is 0 Å². The Morgan fingerprint density at radius 1 is 1.09 bits per heavy atom. The van der Waals surface area contributed by atoms with Crippen LogP contribution in [0.3, 0.4) is 0 Å². The smallest absolute Gasteiger partial charge is 0.339 e. The fourth-order valence-electron chi connectivity index (χ4n) is 3.69. The van der Waals surface area contributed by atoms with Crippen LogP contribution in [0.4, 0.5) is 4.79 Å². The molecular formula is C23H17Cl2N3O4. The molecule has 1 aliphatic carbocycles. The zero-order valence-corrected chi connectivity index (χ0v) is 18.2. The number of primary amides is 1. The average Bonchev–Trinajstić information content (AvgIpc) is 3.14. The van der Waals surface area contributed by atoms with Gasteiger partial charge in [0.15, 0.2) is 6.61 Å². The molecule has 3 aromatic rings.